The largest absolute Gasteiger partial charge is 0.360 e. The molecule has 1 heterocycles. The molecular weight excluding hydrogens is 369 g/mol. The minimum atomic E-state index is -0.322. The predicted octanol–water partition coefficient (Wildman–Crippen LogP) is 6.43. The Morgan fingerprint density at radius 3 is 2.68 bits per heavy atom. The molecule has 0 fully saturated rings. The van der Waals surface area contributed by atoms with Crippen molar-refractivity contribution in [2.45, 2.75) is 27.2 Å². The van der Waals surface area contributed by atoms with Crippen LogP contribution in [0.3, 0.4) is 0 Å². The van der Waals surface area contributed by atoms with Crippen LogP contribution in [0, 0.1) is 30.0 Å². The van der Waals surface area contributed by atoms with Crippen LogP contribution in [0.5, 0.6) is 0 Å². The summed E-state index contributed by atoms with van der Waals surface area (Å²) in [6, 6.07) is 15.1. The van der Waals surface area contributed by atoms with E-state index in [0.717, 1.165) is 23.2 Å². The molecule has 1 N–H and O–H groups in total. The number of halogens is 1. The Labute approximate surface area is 169 Å². The Balaban J connectivity index is 1.79. The van der Waals surface area contributed by atoms with Crippen molar-refractivity contribution in [1.29, 1.82) is 5.26 Å². The van der Waals surface area contributed by atoms with E-state index in [1.165, 1.54) is 29.0 Å². The molecule has 0 unspecified atom stereocenters. The minimum absolute atomic E-state index is 0.322. The van der Waals surface area contributed by atoms with Gasteiger partial charge in [0.05, 0.1) is 5.69 Å². The van der Waals surface area contributed by atoms with Gasteiger partial charge in [0.15, 0.2) is 0 Å². The fourth-order valence-corrected chi connectivity index (χ4v) is 3.65. The lowest BCUT2D eigenvalue weighted by atomic mass is 10.0. The quantitative estimate of drug-likeness (QED) is 0.492. The number of thiazole rings is 1. The van der Waals surface area contributed by atoms with Gasteiger partial charge in [0.25, 0.3) is 0 Å². The molecule has 0 amide bonds. The van der Waals surface area contributed by atoms with Gasteiger partial charge in [0.2, 0.25) is 0 Å². The number of nitrogens with one attached hydrogen (secondary N) is 1. The zero-order chi connectivity index (χ0) is 20.1. The molecule has 3 nitrogen and oxygen atoms in total. The number of allylic oxidation sites excluding steroid dienone is 1. The molecule has 0 aliphatic heterocycles. The van der Waals surface area contributed by atoms with Crippen LogP contribution in [0.4, 0.5) is 10.1 Å². The van der Waals surface area contributed by atoms with Gasteiger partial charge >= 0.3 is 0 Å². The summed E-state index contributed by atoms with van der Waals surface area (Å²) in [6.07, 6.45) is 2.63. The summed E-state index contributed by atoms with van der Waals surface area (Å²) in [7, 11) is 0. The number of aromatic nitrogens is 1. The molecule has 0 aliphatic carbocycles. The molecule has 1 aromatic heterocycles. The van der Waals surface area contributed by atoms with Crippen molar-refractivity contribution >= 4 is 22.6 Å². The summed E-state index contributed by atoms with van der Waals surface area (Å²) in [5.74, 6) is 0.298. The smallest absolute Gasteiger partial charge is 0.136 e. The van der Waals surface area contributed by atoms with Crippen molar-refractivity contribution in [3.05, 3.63) is 76.0 Å². The Morgan fingerprint density at radius 2 is 2.00 bits per heavy atom. The number of nitriles is 1. The summed E-state index contributed by atoms with van der Waals surface area (Å²) in [5.41, 5.74) is 5.12. The third-order valence-corrected chi connectivity index (χ3v) is 5.20. The molecular formula is C23H22FN3S. The van der Waals surface area contributed by atoms with Crippen LogP contribution in [0.2, 0.25) is 0 Å². The normalized spacial score (nSPS) is 11.5. The number of nitrogens with zero attached hydrogens (tertiary/aromatic N) is 2. The lowest BCUT2D eigenvalue weighted by Crippen LogP contribution is -1.94. The predicted molar refractivity (Wildman–Crippen MR) is 114 cm³/mol. The molecule has 0 saturated heterocycles. The van der Waals surface area contributed by atoms with Gasteiger partial charge in [0, 0.05) is 22.8 Å². The van der Waals surface area contributed by atoms with Gasteiger partial charge in [0.1, 0.15) is 22.5 Å². The first-order chi connectivity index (χ1) is 13.5. The minimum Gasteiger partial charge on any atom is -0.360 e. The van der Waals surface area contributed by atoms with Gasteiger partial charge in [-0.25, -0.2) is 9.37 Å². The summed E-state index contributed by atoms with van der Waals surface area (Å²) in [6.45, 7) is 6.29. The maximum atomic E-state index is 13.4. The number of hydrogen-bond donors (Lipinski definition) is 1. The zero-order valence-electron chi connectivity index (χ0n) is 16.2. The first-order valence-corrected chi connectivity index (χ1v) is 10.0. The van der Waals surface area contributed by atoms with Crippen molar-refractivity contribution in [2.75, 3.05) is 5.32 Å². The van der Waals surface area contributed by atoms with Gasteiger partial charge in [-0.15, -0.1) is 11.3 Å². The second kappa shape index (κ2) is 8.81. The maximum absolute atomic E-state index is 13.4. The van der Waals surface area contributed by atoms with E-state index in [2.05, 4.69) is 54.5 Å². The van der Waals surface area contributed by atoms with Crippen LogP contribution < -0.4 is 5.32 Å². The number of aryl methyl sites for hydroxylation is 1. The second-order valence-electron chi connectivity index (χ2n) is 7.11. The molecule has 0 atom stereocenters. The van der Waals surface area contributed by atoms with Crippen molar-refractivity contribution < 1.29 is 4.39 Å². The molecule has 3 aromatic rings. The number of anilines is 1. The van der Waals surface area contributed by atoms with E-state index in [-0.39, 0.29) is 5.82 Å². The van der Waals surface area contributed by atoms with Crippen molar-refractivity contribution in [2.24, 2.45) is 5.92 Å². The van der Waals surface area contributed by atoms with E-state index >= 15 is 0 Å². The van der Waals surface area contributed by atoms with Crippen LogP contribution in [-0.2, 0) is 6.42 Å². The van der Waals surface area contributed by atoms with E-state index in [1.807, 2.05) is 12.3 Å². The Morgan fingerprint density at radius 1 is 1.25 bits per heavy atom. The molecule has 28 heavy (non-hydrogen) atoms. The summed E-state index contributed by atoms with van der Waals surface area (Å²) in [4.78, 5) is 4.61. The Hall–Kier alpha value is -2.97. The average Bonchev–Trinajstić information content (AvgIpc) is 3.15. The van der Waals surface area contributed by atoms with E-state index < -0.39 is 0 Å². The van der Waals surface area contributed by atoms with Crippen molar-refractivity contribution in [1.82, 2.24) is 4.98 Å². The van der Waals surface area contributed by atoms with Crippen LogP contribution >= 0.6 is 11.3 Å². The molecule has 142 valence electrons. The van der Waals surface area contributed by atoms with E-state index in [9.17, 15) is 9.65 Å². The van der Waals surface area contributed by atoms with Crippen LogP contribution in [-0.4, -0.2) is 4.98 Å². The maximum Gasteiger partial charge on any atom is 0.136 e. The Kier molecular flexibility index (Phi) is 6.23. The van der Waals surface area contributed by atoms with E-state index in [1.54, 1.807) is 12.3 Å². The molecule has 0 bridgehead atoms. The van der Waals surface area contributed by atoms with Gasteiger partial charge in [-0.1, -0.05) is 44.2 Å². The van der Waals surface area contributed by atoms with Crippen LogP contribution in [0.15, 0.2) is 54.0 Å². The zero-order valence-corrected chi connectivity index (χ0v) is 17.0. The van der Waals surface area contributed by atoms with Gasteiger partial charge < -0.3 is 5.32 Å². The first-order valence-electron chi connectivity index (χ1n) is 9.14. The highest BCUT2D eigenvalue weighted by atomic mass is 32.1. The highest BCUT2D eigenvalue weighted by Crippen LogP contribution is 2.27. The van der Waals surface area contributed by atoms with E-state index in [4.69, 9.17) is 0 Å². The van der Waals surface area contributed by atoms with Gasteiger partial charge in [-0.2, -0.15) is 5.26 Å². The van der Waals surface area contributed by atoms with Gasteiger partial charge in [-0.05, 0) is 42.5 Å². The summed E-state index contributed by atoms with van der Waals surface area (Å²) >= 11 is 1.42. The third kappa shape index (κ3) is 4.85. The van der Waals surface area contributed by atoms with Crippen LogP contribution in [0.25, 0.3) is 16.8 Å². The number of hydrogen-bond acceptors (Lipinski definition) is 4. The van der Waals surface area contributed by atoms with E-state index in [0.29, 0.717) is 22.2 Å². The highest BCUT2D eigenvalue weighted by Gasteiger charge is 2.10. The molecule has 0 spiro atoms. The average molecular weight is 392 g/mol. The standard InChI is InChI=1S/C23H22FN3S/c1-15(2)10-17-5-7-18(8-6-17)22-14-28-23(27-22)19(12-25)13-26-21-11-20(24)9-4-16(21)3/h4-9,11,13-15,26H,10H2,1-3H3/b19-13+. The third-order valence-electron chi connectivity index (χ3n) is 4.32. The molecule has 0 radical (unpaired) electrons. The molecule has 0 aliphatic rings. The van der Waals surface area contributed by atoms with Crippen molar-refractivity contribution in [3.63, 3.8) is 0 Å². The summed E-state index contributed by atoms with van der Waals surface area (Å²) in [5, 5.41) is 15.1. The molecule has 2 aromatic carbocycles. The fraction of sp³-hybridized carbons (Fsp3) is 0.217. The topological polar surface area (TPSA) is 48.7 Å². The van der Waals surface area contributed by atoms with Gasteiger partial charge in [-0.3, -0.25) is 0 Å². The Bertz CT molecular complexity index is 1030. The molecule has 3 rings (SSSR count). The summed E-state index contributed by atoms with van der Waals surface area (Å²) < 4.78 is 13.4. The monoisotopic (exact) mass is 391 g/mol. The fourth-order valence-electron chi connectivity index (χ4n) is 2.85. The number of rotatable bonds is 6. The van der Waals surface area contributed by atoms with Crippen LogP contribution in [0.1, 0.15) is 30.0 Å². The SMILES string of the molecule is Cc1ccc(F)cc1N/C=C(\C#N)c1nc(-c2ccc(CC(C)C)cc2)cs1. The molecule has 0 saturated carbocycles. The second-order valence-corrected chi connectivity index (χ2v) is 7.96. The highest BCUT2D eigenvalue weighted by molar-refractivity contribution is 7.11. The van der Waals surface area contributed by atoms with Crippen molar-refractivity contribution in [3.8, 4) is 17.3 Å². The first kappa shape index (κ1) is 19.8. The molecule has 5 heteroatoms. The number of benzene rings is 2. The lowest BCUT2D eigenvalue weighted by molar-refractivity contribution is 0.628. The lowest BCUT2D eigenvalue weighted by Gasteiger charge is -2.06.